The van der Waals surface area contributed by atoms with Crippen LogP contribution < -0.4 is 10.1 Å². The fourth-order valence-electron chi connectivity index (χ4n) is 4.00. The summed E-state index contributed by atoms with van der Waals surface area (Å²) in [5.41, 5.74) is 3.19. The van der Waals surface area contributed by atoms with Crippen molar-refractivity contribution in [2.24, 2.45) is 0 Å². The van der Waals surface area contributed by atoms with Gasteiger partial charge in [0.15, 0.2) is 5.78 Å². The lowest BCUT2D eigenvalue weighted by Crippen LogP contribution is -2.24. The maximum absolute atomic E-state index is 12.8. The Bertz CT molecular complexity index is 1260. The third-order valence-corrected chi connectivity index (χ3v) is 5.83. The predicted octanol–water partition coefficient (Wildman–Crippen LogP) is 5.07. The minimum atomic E-state index is -0.0971. The number of hydrogen-bond acceptors (Lipinski definition) is 4. The number of methoxy groups -OCH3 is 1. The summed E-state index contributed by atoms with van der Waals surface area (Å²) in [5, 5.41) is 2.97. The molecule has 6 heteroatoms. The van der Waals surface area contributed by atoms with Crippen molar-refractivity contribution in [3.05, 3.63) is 95.8 Å². The Hall–Kier alpha value is -3.93. The van der Waals surface area contributed by atoms with Crippen LogP contribution in [-0.4, -0.2) is 34.9 Å². The van der Waals surface area contributed by atoms with E-state index < -0.39 is 0 Å². The lowest BCUT2D eigenvalue weighted by atomic mass is 10.1. The molecule has 1 heterocycles. The second-order valence-electron chi connectivity index (χ2n) is 8.19. The first kappa shape index (κ1) is 23.2. The number of aryl methyl sites for hydroxylation is 1. The largest absolute Gasteiger partial charge is 0.497 e. The number of nitrogens with one attached hydrogen (secondary N) is 1. The molecule has 0 saturated carbocycles. The van der Waals surface area contributed by atoms with Gasteiger partial charge in [-0.3, -0.25) is 9.59 Å². The Morgan fingerprint density at radius 2 is 1.65 bits per heavy atom. The van der Waals surface area contributed by atoms with E-state index >= 15 is 0 Å². The molecule has 34 heavy (non-hydrogen) atoms. The summed E-state index contributed by atoms with van der Waals surface area (Å²) < 4.78 is 7.21. The Balaban J connectivity index is 1.31. The molecule has 3 aromatic carbocycles. The summed E-state index contributed by atoms with van der Waals surface area (Å²) in [7, 11) is 1.59. The molecule has 1 amide bonds. The van der Waals surface area contributed by atoms with E-state index in [1.165, 1.54) is 0 Å². The van der Waals surface area contributed by atoms with E-state index in [9.17, 15) is 9.59 Å². The molecule has 6 nitrogen and oxygen atoms in total. The van der Waals surface area contributed by atoms with Crippen molar-refractivity contribution in [1.82, 2.24) is 14.9 Å². The van der Waals surface area contributed by atoms with E-state index in [4.69, 9.17) is 9.72 Å². The number of Topliss-reactive ketones (excluding diaryl/α,β-unsaturated/α-hetero) is 1. The van der Waals surface area contributed by atoms with E-state index in [2.05, 4.69) is 5.32 Å². The predicted molar refractivity (Wildman–Crippen MR) is 133 cm³/mol. The Labute approximate surface area is 199 Å². The molecule has 0 radical (unpaired) electrons. The zero-order chi connectivity index (χ0) is 23.8. The number of nitrogens with zero attached hydrogens (tertiary/aromatic N) is 2. The van der Waals surface area contributed by atoms with E-state index in [0.717, 1.165) is 42.5 Å². The van der Waals surface area contributed by atoms with Crippen molar-refractivity contribution in [3.63, 3.8) is 0 Å². The average molecular weight is 456 g/mol. The van der Waals surface area contributed by atoms with Crippen LogP contribution in [0.2, 0.25) is 0 Å². The van der Waals surface area contributed by atoms with E-state index in [0.29, 0.717) is 23.4 Å². The molecule has 1 aromatic heterocycles. The number of fused-ring (bicyclic) bond motifs is 1. The number of carbonyl (C=O) groups is 2. The summed E-state index contributed by atoms with van der Waals surface area (Å²) in [5.74, 6) is 1.57. The monoisotopic (exact) mass is 455 g/mol. The SMILES string of the molecule is COc1cccc(C(=O)NCCCCCc2nc3ccccc3n2CC(=O)c2ccccc2)c1. The van der Waals surface area contributed by atoms with Gasteiger partial charge in [-0.25, -0.2) is 4.98 Å². The molecule has 0 aliphatic heterocycles. The van der Waals surface area contributed by atoms with Crippen LogP contribution >= 0.6 is 0 Å². The quantitative estimate of drug-likeness (QED) is 0.253. The van der Waals surface area contributed by atoms with Crippen LogP contribution in [0.5, 0.6) is 5.75 Å². The summed E-state index contributed by atoms with van der Waals surface area (Å²) in [6, 6.07) is 24.4. The fraction of sp³-hybridized carbons (Fsp3) is 0.250. The third kappa shape index (κ3) is 5.70. The molecule has 0 atom stereocenters. The third-order valence-electron chi connectivity index (χ3n) is 5.83. The number of ether oxygens (including phenoxy) is 1. The topological polar surface area (TPSA) is 73.2 Å². The highest BCUT2D eigenvalue weighted by Crippen LogP contribution is 2.19. The van der Waals surface area contributed by atoms with Gasteiger partial charge in [-0.05, 0) is 43.2 Å². The van der Waals surface area contributed by atoms with Gasteiger partial charge >= 0.3 is 0 Å². The smallest absolute Gasteiger partial charge is 0.251 e. The van der Waals surface area contributed by atoms with E-state index in [1.807, 2.05) is 71.3 Å². The number of amides is 1. The Morgan fingerprint density at radius 1 is 0.882 bits per heavy atom. The number of ketones is 1. The van der Waals surface area contributed by atoms with Crippen molar-refractivity contribution in [2.75, 3.05) is 13.7 Å². The molecule has 0 fully saturated rings. The van der Waals surface area contributed by atoms with Crippen molar-refractivity contribution in [3.8, 4) is 5.75 Å². The molecule has 0 saturated heterocycles. The number of para-hydroxylation sites is 2. The van der Waals surface area contributed by atoms with Crippen LogP contribution in [-0.2, 0) is 13.0 Å². The van der Waals surface area contributed by atoms with Crippen LogP contribution in [0, 0.1) is 0 Å². The number of unbranched alkanes of at least 4 members (excludes halogenated alkanes) is 2. The average Bonchev–Trinajstić information content (AvgIpc) is 3.23. The minimum Gasteiger partial charge on any atom is -0.497 e. The van der Waals surface area contributed by atoms with Gasteiger partial charge in [0, 0.05) is 24.1 Å². The summed E-state index contributed by atoms with van der Waals surface area (Å²) in [4.78, 5) is 30.0. The molecular formula is C28H29N3O3. The molecule has 0 aliphatic carbocycles. The van der Waals surface area contributed by atoms with Crippen molar-refractivity contribution >= 4 is 22.7 Å². The highest BCUT2D eigenvalue weighted by Gasteiger charge is 2.14. The molecule has 0 bridgehead atoms. The van der Waals surface area contributed by atoms with Crippen molar-refractivity contribution in [2.45, 2.75) is 32.2 Å². The van der Waals surface area contributed by atoms with Gasteiger partial charge in [0.1, 0.15) is 11.6 Å². The summed E-state index contributed by atoms with van der Waals surface area (Å²) in [6.45, 7) is 0.884. The number of carbonyl (C=O) groups excluding carboxylic acids is 2. The molecule has 4 rings (SSSR count). The zero-order valence-electron chi connectivity index (χ0n) is 19.4. The number of aromatic nitrogens is 2. The van der Waals surface area contributed by atoms with E-state index in [-0.39, 0.29) is 18.2 Å². The van der Waals surface area contributed by atoms with Crippen molar-refractivity contribution < 1.29 is 14.3 Å². The van der Waals surface area contributed by atoms with Gasteiger partial charge in [0.25, 0.3) is 5.91 Å². The van der Waals surface area contributed by atoms with Crippen LogP contribution in [0.15, 0.2) is 78.9 Å². The molecule has 0 unspecified atom stereocenters. The van der Waals surface area contributed by atoms with Crippen LogP contribution in [0.4, 0.5) is 0 Å². The van der Waals surface area contributed by atoms with Crippen LogP contribution in [0.3, 0.4) is 0 Å². The maximum atomic E-state index is 12.8. The summed E-state index contributed by atoms with van der Waals surface area (Å²) >= 11 is 0. The minimum absolute atomic E-state index is 0.0743. The van der Waals surface area contributed by atoms with Gasteiger partial charge < -0.3 is 14.6 Å². The van der Waals surface area contributed by atoms with Crippen LogP contribution in [0.25, 0.3) is 11.0 Å². The standard InChI is InChI=1S/C28H29N3O3/c1-34-23-14-10-13-22(19-23)28(33)29-18-9-3-6-17-27-30-24-15-7-8-16-25(24)31(27)20-26(32)21-11-4-2-5-12-21/h2,4-5,7-8,10-16,19H,3,6,9,17-18,20H2,1H3,(H,29,33). The van der Waals surface area contributed by atoms with Crippen LogP contribution in [0.1, 0.15) is 45.8 Å². The molecule has 4 aromatic rings. The van der Waals surface area contributed by atoms with Gasteiger partial charge in [-0.2, -0.15) is 0 Å². The number of hydrogen-bond donors (Lipinski definition) is 1. The van der Waals surface area contributed by atoms with Gasteiger partial charge in [0.05, 0.1) is 24.7 Å². The zero-order valence-corrected chi connectivity index (χ0v) is 19.4. The highest BCUT2D eigenvalue weighted by atomic mass is 16.5. The first-order valence-electron chi connectivity index (χ1n) is 11.6. The first-order chi connectivity index (χ1) is 16.7. The number of benzene rings is 3. The molecular weight excluding hydrogens is 426 g/mol. The number of rotatable bonds is 11. The molecule has 0 spiro atoms. The van der Waals surface area contributed by atoms with E-state index in [1.54, 1.807) is 19.2 Å². The first-order valence-corrected chi connectivity index (χ1v) is 11.6. The highest BCUT2D eigenvalue weighted by molar-refractivity contribution is 5.96. The Kier molecular flexibility index (Phi) is 7.71. The molecule has 1 N–H and O–H groups in total. The van der Waals surface area contributed by atoms with Gasteiger partial charge in [-0.15, -0.1) is 0 Å². The van der Waals surface area contributed by atoms with Crippen molar-refractivity contribution in [1.29, 1.82) is 0 Å². The molecule has 174 valence electrons. The fourth-order valence-corrected chi connectivity index (χ4v) is 4.00. The normalized spacial score (nSPS) is 10.9. The second kappa shape index (κ2) is 11.3. The molecule has 0 aliphatic rings. The second-order valence-corrected chi connectivity index (χ2v) is 8.19. The number of imidazole rings is 1. The maximum Gasteiger partial charge on any atom is 0.251 e. The lowest BCUT2D eigenvalue weighted by Gasteiger charge is -2.09. The van der Waals surface area contributed by atoms with Gasteiger partial charge in [-0.1, -0.05) is 55.0 Å². The van der Waals surface area contributed by atoms with Gasteiger partial charge in [0.2, 0.25) is 0 Å². The lowest BCUT2D eigenvalue weighted by molar-refractivity contribution is 0.0950. The Morgan fingerprint density at radius 3 is 2.47 bits per heavy atom. The summed E-state index contributed by atoms with van der Waals surface area (Å²) in [6.07, 6.45) is 3.53.